The number of aromatic nitrogens is 1. The largest absolute Gasteiger partial charge is 0.309 e. The van der Waals surface area contributed by atoms with Gasteiger partial charge in [-0.25, -0.2) is 4.98 Å². The third-order valence-electron chi connectivity index (χ3n) is 4.48. The number of hydrogen-bond acceptors (Lipinski definition) is 5. The highest BCUT2D eigenvalue weighted by atomic mass is 35.5. The summed E-state index contributed by atoms with van der Waals surface area (Å²) in [6.07, 6.45) is 2.21. The maximum atomic E-state index is 13.0. The number of carbonyl (C=O) groups excluding carboxylic acids is 1. The van der Waals surface area contributed by atoms with E-state index in [4.69, 9.17) is 28.2 Å². The Bertz CT molecular complexity index is 980. The molecule has 0 aliphatic carbocycles. The smallest absolute Gasteiger partial charge is 0.228 e. The second-order valence-electron chi connectivity index (χ2n) is 7.22. The molecule has 0 saturated carbocycles. The maximum Gasteiger partial charge on any atom is 0.228 e. The lowest BCUT2D eigenvalue weighted by molar-refractivity contribution is -0.118. The van der Waals surface area contributed by atoms with Crippen LogP contribution < -0.4 is 4.90 Å². The van der Waals surface area contributed by atoms with Crippen molar-refractivity contribution in [1.29, 1.82) is 0 Å². The Balaban J connectivity index is 0.00000341. The molecule has 0 aliphatic heterocycles. The molecule has 3 aromatic rings. The number of halogens is 3. The van der Waals surface area contributed by atoms with Gasteiger partial charge in [0.15, 0.2) is 5.13 Å². The molecule has 168 valence electrons. The lowest BCUT2D eigenvalue weighted by Crippen LogP contribution is -2.33. The number of thioether (sulfide) groups is 1. The molecule has 0 atom stereocenters. The van der Waals surface area contributed by atoms with Gasteiger partial charge in [-0.05, 0) is 81.7 Å². The summed E-state index contributed by atoms with van der Waals surface area (Å²) < 4.78 is 1.00. The van der Waals surface area contributed by atoms with Crippen molar-refractivity contribution in [3.8, 4) is 0 Å². The van der Waals surface area contributed by atoms with Crippen molar-refractivity contribution in [2.24, 2.45) is 0 Å². The summed E-state index contributed by atoms with van der Waals surface area (Å²) in [5.74, 6) is 1.00. The molecule has 1 aromatic heterocycles. The molecular formula is C22H26Cl3N3OS2. The zero-order valence-corrected chi connectivity index (χ0v) is 21.5. The van der Waals surface area contributed by atoms with Crippen LogP contribution in [0.25, 0.3) is 10.2 Å². The number of rotatable bonds is 10. The molecule has 0 aliphatic rings. The number of carbonyl (C=O) groups is 1. The van der Waals surface area contributed by atoms with E-state index in [1.807, 2.05) is 61.5 Å². The molecule has 0 radical (unpaired) electrons. The van der Waals surface area contributed by atoms with E-state index in [9.17, 15) is 4.79 Å². The molecule has 0 N–H and O–H groups in total. The third kappa shape index (κ3) is 8.12. The van der Waals surface area contributed by atoms with E-state index in [0.29, 0.717) is 18.0 Å². The van der Waals surface area contributed by atoms with E-state index in [-0.39, 0.29) is 18.3 Å². The SMILES string of the molecule is CN(C)CCCN(C(=O)CCCSc1ccc(Cl)cc1)c1nc2ccc(Cl)cc2s1.Cl. The molecule has 3 rings (SSSR count). The topological polar surface area (TPSA) is 36.4 Å². The summed E-state index contributed by atoms with van der Waals surface area (Å²) in [6, 6.07) is 13.4. The Morgan fingerprint density at radius 2 is 1.74 bits per heavy atom. The van der Waals surface area contributed by atoms with E-state index in [0.717, 1.165) is 50.4 Å². The molecule has 1 heterocycles. The van der Waals surface area contributed by atoms with Gasteiger partial charge in [-0.3, -0.25) is 9.69 Å². The average molecular weight is 519 g/mol. The first-order valence-corrected chi connectivity index (χ1v) is 12.4. The van der Waals surface area contributed by atoms with Crippen molar-refractivity contribution in [3.63, 3.8) is 0 Å². The summed E-state index contributed by atoms with van der Waals surface area (Å²) in [5, 5.41) is 2.17. The fraction of sp³-hybridized carbons (Fsp3) is 0.364. The van der Waals surface area contributed by atoms with Crippen LogP contribution in [-0.2, 0) is 4.79 Å². The fourth-order valence-electron chi connectivity index (χ4n) is 2.95. The average Bonchev–Trinajstić information content (AvgIpc) is 3.12. The third-order valence-corrected chi connectivity index (χ3v) is 7.10. The highest BCUT2D eigenvalue weighted by molar-refractivity contribution is 7.99. The van der Waals surface area contributed by atoms with Crippen LogP contribution in [0.2, 0.25) is 10.0 Å². The molecular weight excluding hydrogens is 493 g/mol. The normalized spacial score (nSPS) is 11.0. The summed E-state index contributed by atoms with van der Waals surface area (Å²) in [5.41, 5.74) is 0.878. The molecule has 2 aromatic carbocycles. The van der Waals surface area contributed by atoms with Gasteiger partial charge in [-0.15, -0.1) is 24.2 Å². The van der Waals surface area contributed by atoms with Crippen LogP contribution >= 0.6 is 58.7 Å². The lowest BCUT2D eigenvalue weighted by atomic mass is 10.3. The number of fused-ring (bicyclic) bond motifs is 1. The number of anilines is 1. The Morgan fingerprint density at radius 1 is 1.03 bits per heavy atom. The predicted molar refractivity (Wildman–Crippen MR) is 139 cm³/mol. The van der Waals surface area contributed by atoms with E-state index in [2.05, 4.69) is 4.90 Å². The first kappa shape index (κ1) is 26.2. The number of hydrogen-bond donors (Lipinski definition) is 0. The first-order valence-electron chi connectivity index (χ1n) is 9.82. The molecule has 0 spiro atoms. The summed E-state index contributed by atoms with van der Waals surface area (Å²) in [6.45, 7) is 1.59. The second-order valence-corrected chi connectivity index (χ2v) is 10.3. The zero-order chi connectivity index (χ0) is 21.5. The van der Waals surface area contributed by atoms with Gasteiger partial charge in [0.2, 0.25) is 5.91 Å². The Morgan fingerprint density at radius 3 is 2.45 bits per heavy atom. The Labute approximate surface area is 208 Å². The van der Waals surface area contributed by atoms with Crippen LogP contribution in [-0.4, -0.2) is 48.7 Å². The predicted octanol–water partition coefficient (Wildman–Crippen LogP) is 6.88. The summed E-state index contributed by atoms with van der Waals surface area (Å²) in [7, 11) is 4.08. The lowest BCUT2D eigenvalue weighted by Gasteiger charge is -2.21. The standard InChI is InChI=1S/C22H25Cl2N3OS2.ClH/c1-26(2)12-4-13-27(22-25-19-11-8-17(24)15-20(19)30-22)21(28)5-3-14-29-18-9-6-16(23)7-10-18;/h6-11,15H,3-5,12-14H2,1-2H3;1H. The van der Waals surface area contributed by atoms with Crippen molar-refractivity contribution in [2.75, 3.05) is 37.8 Å². The van der Waals surface area contributed by atoms with Gasteiger partial charge in [0, 0.05) is 27.9 Å². The highest BCUT2D eigenvalue weighted by Crippen LogP contribution is 2.31. The monoisotopic (exact) mass is 517 g/mol. The van der Waals surface area contributed by atoms with Crippen LogP contribution in [0, 0.1) is 0 Å². The van der Waals surface area contributed by atoms with Gasteiger partial charge in [0.25, 0.3) is 0 Å². The van der Waals surface area contributed by atoms with Gasteiger partial charge in [-0.1, -0.05) is 34.5 Å². The number of amides is 1. The Hall–Kier alpha value is -1.02. The van der Waals surface area contributed by atoms with E-state index >= 15 is 0 Å². The fourth-order valence-corrected chi connectivity index (χ4v) is 5.22. The molecule has 0 fully saturated rings. The van der Waals surface area contributed by atoms with Gasteiger partial charge >= 0.3 is 0 Å². The summed E-state index contributed by atoms with van der Waals surface area (Å²) in [4.78, 5) is 22.9. The van der Waals surface area contributed by atoms with E-state index in [1.54, 1.807) is 11.8 Å². The van der Waals surface area contributed by atoms with Crippen LogP contribution in [0.15, 0.2) is 47.4 Å². The molecule has 1 amide bonds. The van der Waals surface area contributed by atoms with Crippen LogP contribution in [0.1, 0.15) is 19.3 Å². The van der Waals surface area contributed by atoms with E-state index < -0.39 is 0 Å². The zero-order valence-electron chi connectivity index (χ0n) is 17.5. The molecule has 4 nitrogen and oxygen atoms in total. The molecule has 9 heteroatoms. The van der Waals surface area contributed by atoms with Crippen LogP contribution in [0.3, 0.4) is 0 Å². The second kappa shape index (κ2) is 12.9. The first-order chi connectivity index (χ1) is 14.4. The molecule has 0 bridgehead atoms. The minimum Gasteiger partial charge on any atom is -0.309 e. The maximum absolute atomic E-state index is 13.0. The van der Waals surface area contributed by atoms with Crippen LogP contribution in [0.4, 0.5) is 5.13 Å². The molecule has 0 unspecified atom stereocenters. The van der Waals surface area contributed by atoms with Crippen molar-refractivity contribution in [2.45, 2.75) is 24.2 Å². The number of nitrogens with zero attached hydrogens (tertiary/aromatic N) is 3. The molecule has 31 heavy (non-hydrogen) atoms. The Kier molecular flexibility index (Phi) is 10.9. The number of thiazole rings is 1. The van der Waals surface area contributed by atoms with Crippen molar-refractivity contribution >= 4 is 80.0 Å². The minimum atomic E-state index is 0. The van der Waals surface area contributed by atoms with Crippen molar-refractivity contribution < 1.29 is 4.79 Å². The van der Waals surface area contributed by atoms with Gasteiger partial charge in [0.1, 0.15) is 0 Å². The van der Waals surface area contributed by atoms with Gasteiger partial charge in [-0.2, -0.15) is 0 Å². The van der Waals surface area contributed by atoms with Gasteiger partial charge in [0.05, 0.1) is 10.2 Å². The summed E-state index contributed by atoms with van der Waals surface area (Å²) >= 11 is 15.3. The highest BCUT2D eigenvalue weighted by Gasteiger charge is 2.19. The quantitative estimate of drug-likeness (QED) is 0.216. The van der Waals surface area contributed by atoms with Crippen LogP contribution in [0.5, 0.6) is 0 Å². The number of benzene rings is 2. The molecule has 0 saturated heterocycles. The minimum absolute atomic E-state index is 0. The van der Waals surface area contributed by atoms with Crippen molar-refractivity contribution in [3.05, 3.63) is 52.5 Å². The van der Waals surface area contributed by atoms with E-state index in [1.165, 1.54) is 11.3 Å². The van der Waals surface area contributed by atoms with Gasteiger partial charge < -0.3 is 4.90 Å². The van der Waals surface area contributed by atoms with Crippen molar-refractivity contribution in [1.82, 2.24) is 9.88 Å².